The molecule has 1 aromatic carbocycles. The van der Waals surface area contributed by atoms with E-state index < -0.39 is 0 Å². The molecule has 0 radical (unpaired) electrons. The van der Waals surface area contributed by atoms with E-state index in [2.05, 4.69) is 53.5 Å². The fourth-order valence-corrected chi connectivity index (χ4v) is 3.83. The minimum Gasteiger partial charge on any atom is -0.309 e. The third-order valence-electron chi connectivity index (χ3n) is 4.97. The fourth-order valence-electron chi connectivity index (χ4n) is 3.83. The summed E-state index contributed by atoms with van der Waals surface area (Å²) in [6, 6.07) is 9.51. The predicted octanol–water partition coefficient (Wildman–Crippen LogP) is 1.97. The Hall–Kier alpha value is -0.900. The van der Waals surface area contributed by atoms with Gasteiger partial charge in [-0.25, -0.2) is 0 Å². The number of nitrogens with one attached hydrogen (secondary N) is 1. The van der Waals surface area contributed by atoms with E-state index in [4.69, 9.17) is 0 Å². The molecule has 0 saturated carbocycles. The van der Waals surface area contributed by atoms with Gasteiger partial charge in [0.05, 0.1) is 0 Å². The molecule has 1 unspecified atom stereocenters. The number of piperidine rings is 1. The molecule has 1 N–H and O–H groups in total. The first-order valence-electron chi connectivity index (χ1n) is 8.38. The lowest BCUT2D eigenvalue weighted by molar-refractivity contribution is 0.148. The third kappa shape index (κ3) is 4.06. The maximum absolute atomic E-state index is 3.72. The van der Waals surface area contributed by atoms with Gasteiger partial charge in [-0.15, -0.1) is 0 Å². The zero-order valence-electron chi connectivity index (χ0n) is 13.5. The van der Waals surface area contributed by atoms with Gasteiger partial charge in [0.15, 0.2) is 0 Å². The summed E-state index contributed by atoms with van der Waals surface area (Å²) in [7, 11) is 4.38. The minimum absolute atomic E-state index is 0.630. The first-order chi connectivity index (χ1) is 10.2. The van der Waals surface area contributed by atoms with Gasteiger partial charge >= 0.3 is 0 Å². The van der Waals surface area contributed by atoms with Crippen LogP contribution in [0.25, 0.3) is 0 Å². The van der Waals surface area contributed by atoms with Gasteiger partial charge in [0, 0.05) is 25.7 Å². The second kappa shape index (κ2) is 6.91. The van der Waals surface area contributed by atoms with Gasteiger partial charge in [-0.05, 0) is 63.5 Å². The number of nitrogens with zero attached hydrogens (tertiary/aromatic N) is 2. The largest absolute Gasteiger partial charge is 0.309 e. The minimum atomic E-state index is 0.630. The van der Waals surface area contributed by atoms with Gasteiger partial charge in [0.1, 0.15) is 0 Å². The highest BCUT2D eigenvalue weighted by atomic mass is 15.2. The van der Waals surface area contributed by atoms with Gasteiger partial charge < -0.3 is 15.1 Å². The third-order valence-corrected chi connectivity index (χ3v) is 4.97. The van der Waals surface area contributed by atoms with E-state index in [-0.39, 0.29) is 0 Å². The average molecular weight is 287 g/mol. The summed E-state index contributed by atoms with van der Waals surface area (Å²) in [5.74, 6) is 0.899. The molecule has 2 heterocycles. The molecule has 116 valence electrons. The van der Waals surface area contributed by atoms with Crippen molar-refractivity contribution in [2.24, 2.45) is 5.92 Å². The lowest BCUT2D eigenvalue weighted by atomic mass is 9.93. The fraction of sp³-hybridized carbons (Fsp3) is 0.667. The smallest absolute Gasteiger partial charge is 0.0238 e. The molecule has 0 amide bonds. The first-order valence-corrected chi connectivity index (χ1v) is 8.38. The Balaban J connectivity index is 1.46. The van der Waals surface area contributed by atoms with Crippen molar-refractivity contribution in [2.75, 3.05) is 40.3 Å². The molecular formula is C18H29N3. The van der Waals surface area contributed by atoms with Crippen LogP contribution in [0.1, 0.15) is 24.0 Å². The molecular weight excluding hydrogens is 258 g/mol. The second-order valence-electron chi connectivity index (χ2n) is 7.06. The summed E-state index contributed by atoms with van der Waals surface area (Å²) in [5, 5.41) is 3.72. The van der Waals surface area contributed by atoms with Crippen LogP contribution in [-0.4, -0.2) is 56.1 Å². The van der Waals surface area contributed by atoms with E-state index in [1.165, 1.54) is 51.0 Å². The van der Waals surface area contributed by atoms with Crippen molar-refractivity contribution in [1.82, 2.24) is 15.1 Å². The van der Waals surface area contributed by atoms with Crippen LogP contribution in [0.3, 0.4) is 0 Å². The molecule has 3 rings (SSSR count). The number of likely N-dealkylation sites (tertiary alicyclic amines) is 1. The SMILES string of the molecule is CN(C)CC1CCN(CC2Cc3ccccc3CN2)CC1. The Bertz CT molecular complexity index is 450. The van der Waals surface area contributed by atoms with Crippen LogP contribution in [0, 0.1) is 5.92 Å². The predicted molar refractivity (Wildman–Crippen MR) is 88.5 cm³/mol. The molecule has 1 fully saturated rings. The lowest BCUT2D eigenvalue weighted by Gasteiger charge is -2.36. The van der Waals surface area contributed by atoms with Gasteiger partial charge in [0.25, 0.3) is 0 Å². The molecule has 0 aliphatic carbocycles. The standard InChI is InChI=1S/C18H29N3/c1-20(2)13-15-7-9-21(10-8-15)14-18-11-16-5-3-4-6-17(16)12-19-18/h3-6,15,18-19H,7-14H2,1-2H3. The van der Waals surface area contributed by atoms with Crippen LogP contribution in [0.15, 0.2) is 24.3 Å². The van der Waals surface area contributed by atoms with Crippen LogP contribution in [-0.2, 0) is 13.0 Å². The molecule has 0 aromatic heterocycles. The molecule has 0 bridgehead atoms. The maximum Gasteiger partial charge on any atom is 0.0238 e. The highest BCUT2D eigenvalue weighted by Gasteiger charge is 2.24. The van der Waals surface area contributed by atoms with Crippen LogP contribution >= 0.6 is 0 Å². The van der Waals surface area contributed by atoms with Crippen molar-refractivity contribution < 1.29 is 0 Å². The number of hydrogen-bond donors (Lipinski definition) is 1. The van der Waals surface area contributed by atoms with E-state index >= 15 is 0 Å². The number of fused-ring (bicyclic) bond motifs is 1. The molecule has 21 heavy (non-hydrogen) atoms. The average Bonchev–Trinajstić information content (AvgIpc) is 2.49. The van der Waals surface area contributed by atoms with E-state index in [0.29, 0.717) is 6.04 Å². The monoisotopic (exact) mass is 287 g/mol. The van der Waals surface area contributed by atoms with Gasteiger partial charge in [0.2, 0.25) is 0 Å². The Labute approximate surface area is 129 Å². The summed E-state index contributed by atoms with van der Waals surface area (Å²) in [4.78, 5) is 5.00. The number of hydrogen-bond acceptors (Lipinski definition) is 3. The molecule has 3 heteroatoms. The highest BCUT2D eigenvalue weighted by molar-refractivity contribution is 5.29. The quantitative estimate of drug-likeness (QED) is 0.913. The van der Waals surface area contributed by atoms with Gasteiger partial charge in [-0.3, -0.25) is 0 Å². The number of rotatable bonds is 4. The van der Waals surface area contributed by atoms with Crippen LogP contribution in [0.4, 0.5) is 0 Å². The van der Waals surface area contributed by atoms with Crippen molar-refractivity contribution in [3.63, 3.8) is 0 Å². The van der Waals surface area contributed by atoms with Crippen molar-refractivity contribution in [1.29, 1.82) is 0 Å². The molecule has 1 aromatic rings. The zero-order valence-corrected chi connectivity index (χ0v) is 13.5. The van der Waals surface area contributed by atoms with Crippen LogP contribution in [0.2, 0.25) is 0 Å². The normalized spacial score (nSPS) is 24.2. The van der Waals surface area contributed by atoms with Gasteiger partial charge in [-0.1, -0.05) is 24.3 Å². The van der Waals surface area contributed by atoms with Gasteiger partial charge in [-0.2, -0.15) is 0 Å². The molecule has 0 spiro atoms. The van der Waals surface area contributed by atoms with E-state index in [9.17, 15) is 0 Å². The van der Waals surface area contributed by atoms with Crippen LogP contribution in [0.5, 0.6) is 0 Å². The highest BCUT2D eigenvalue weighted by Crippen LogP contribution is 2.20. The van der Waals surface area contributed by atoms with Crippen molar-refractivity contribution in [3.05, 3.63) is 35.4 Å². The Kier molecular flexibility index (Phi) is 4.94. The van der Waals surface area contributed by atoms with Crippen molar-refractivity contribution >= 4 is 0 Å². The summed E-state index contributed by atoms with van der Waals surface area (Å²) in [5.41, 5.74) is 3.03. The van der Waals surface area contributed by atoms with Crippen LogP contribution < -0.4 is 5.32 Å². The van der Waals surface area contributed by atoms with Crippen molar-refractivity contribution in [3.8, 4) is 0 Å². The van der Waals surface area contributed by atoms with E-state index in [1.54, 1.807) is 5.56 Å². The molecule has 2 aliphatic heterocycles. The van der Waals surface area contributed by atoms with E-state index in [0.717, 1.165) is 12.5 Å². The van der Waals surface area contributed by atoms with E-state index in [1.807, 2.05) is 0 Å². The molecule has 1 atom stereocenters. The molecule has 2 aliphatic rings. The lowest BCUT2D eigenvalue weighted by Crippen LogP contribution is -2.47. The van der Waals surface area contributed by atoms with Crippen molar-refractivity contribution in [2.45, 2.75) is 31.8 Å². The first kappa shape index (κ1) is 15.0. The topological polar surface area (TPSA) is 18.5 Å². The Morgan fingerprint density at radius 3 is 2.57 bits per heavy atom. The summed E-state index contributed by atoms with van der Waals surface area (Å²) < 4.78 is 0. The molecule has 3 nitrogen and oxygen atoms in total. The summed E-state index contributed by atoms with van der Waals surface area (Å²) in [6.07, 6.45) is 3.91. The summed E-state index contributed by atoms with van der Waals surface area (Å²) >= 11 is 0. The maximum atomic E-state index is 3.72. The summed E-state index contributed by atoms with van der Waals surface area (Å²) in [6.45, 7) is 6.06. The molecule has 1 saturated heterocycles. The second-order valence-corrected chi connectivity index (χ2v) is 7.06. The number of benzene rings is 1. The Morgan fingerprint density at radius 1 is 1.14 bits per heavy atom. The Morgan fingerprint density at radius 2 is 1.86 bits per heavy atom. The zero-order chi connectivity index (χ0) is 14.7.